The van der Waals surface area contributed by atoms with Gasteiger partial charge < -0.3 is 10.5 Å². The Morgan fingerprint density at radius 2 is 2.29 bits per heavy atom. The third-order valence-corrected chi connectivity index (χ3v) is 2.45. The maximum atomic E-state index is 5.72. The number of rotatable bonds is 4. The van der Waals surface area contributed by atoms with Gasteiger partial charge in [-0.15, -0.1) is 0 Å². The highest BCUT2D eigenvalue weighted by Gasteiger charge is 2.22. The lowest BCUT2D eigenvalue weighted by molar-refractivity contribution is 0.285. The van der Waals surface area contributed by atoms with Crippen LogP contribution >= 0.6 is 0 Å². The van der Waals surface area contributed by atoms with E-state index < -0.39 is 0 Å². The summed E-state index contributed by atoms with van der Waals surface area (Å²) in [7, 11) is 0. The molecule has 0 amide bonds. The van der Waals surface area contributed by atoms with Crippen molar-refractivity contribution in [2.75, 3.05) is 12.3 Å². The minimum Gasteiger partial charge on any atom is -0.477 e. The van der Waals surface area contributed by atoms with Gasteiger partial charge in [0.05, 0.1) is 12.2 Å². The monoisotopic (exact) mass is 193 g/mol. The van der Waals surface area contributed by atoms with E-state index in [9.17, 15) is 0 Å². The molecular weight excluding hydrogens is 178 g/mol. The molecular formula is C10H15N3O. The second-order valence-corrected chi connectivity index (χ2v) is 3.65. The van der Waals surface area contributed by atoms with Gasteiger partial charge in [-0.3, -0.25) is 0 Å². The fourth-order valence-corrected chi connectivity index (χ4v) is 1.35. The van der Waals surface area contributed by atoms with Crippen LogP contribution in [0.25, 0.3) is 0 Å². The molecule has 0 atom stereocenters. The van der Waals surface area contributed by atoms with Crippen LogP contribution in [-0.2, 0) is 6.42 Å². The topological polar surface area (TPSA) is 61.0 Å². The van der Waals surface area contributed by atoms with Gasteiger partial charge in [-0.2, -0.15) is 0 Å². The first-order valence-electron chi connectivity index (χ1n) is 5.03. The van der Waals surface area contributed by atoms with Crippen molar-refractivity contribution in [3.05, 3.63) is 11.9 Å². The van der Waals surface area contributed by atoms with Crippen LogP contribution in [0.4, 0.5) is 5.82 Å². The lowest BCUT2D eigenvalue weighted by atomic mass is 10.2. The fourth-order valence-electron chi connectivity index (χ4n) is 1.35. The van der Waals surface area contributed by atoms with Crippen molar-refractivity contribution < 1.29 is 4.74 Å². The predicted octanol–water partition coefficient (Wildman–Crippen LogP) is 1.41. The van der Waals surface area contributed by atoms with Crippen LogP contribution < -0.4 is 10.5 Å². The number of hydrogen-bond acceptors (Lipinski definition) is 4. The molecule has 1 heterocycles. The zero-order chi connectivity index (χ0) is 9.97. The van der Waals surface area contributed by atoms with Crippen LogP contribution in [0, 0.1) is 5.92 Å². The van der Waals surface area contributed by atoms with Crippen molar-refractivity contribution in [2.24, 2.45) is 5.92 Å². The summed E-state index contributed by atoms with van der Waals surface area (Å²) in [5, 5.41) is 0. The normalized spacial score (nSPS) is 15.5. The minimum atomic E-state index is 0.535. The van der Waals surface area contributed by atoms with Gasteiger partial charge in [0.25, 0.3) is 0 Å². The minimum absolute atomic E-state index is 0.535. The molecule has 4 heteroatoms. The summed E-state index contributed by atoms with van der Waals surface area (Å²) >= 11 is 0. The van der Waals surface area contributed by atoms with Gasteiger partial charge in [0, 0.05) is 0 Å². The number of nitrogen functional groups attached to an aromatic ring is 1. The lowest BCUT2D eigenvalue weighted by Gasteiger charge is -2.09. The van der Waals surface area contributed by atoms with Crippen LogP contribution in [-0.4, -0.2) is 16.6 Å². The van der Waals surface area contributed by atoms with Crippen LogP contribution in [0.1, 0.15) is 25.3 Å². The van der Waals surface area contributed by atoms with Crippen molar-refractivity contribution in [1.29, 1.82) is 0 Å². The molecule has 0 aliphatic heterocycles. The van der Waals surface area contributed by atoms with Crippen molar-refractivity contribution in [3.8, 4) is 5.88 Å². The third kappa shape index (κ3) is 1.95. The van der Waals surface area contributed by atoms with E-state index in [0.29, 0.717) is 11.7 Å². The highest BCUT2D eigenvalue weighted by molar-refractivity contribution is 5.44. The van der Waals surface area contributed by atoms with Crippen LogP contribution in [0.3, 0.4) is 0 Å². The lowest BCUT2D eigenvalue weighted by Crippen LogP contribution is -2.06. The number of nitrogens with zero attached hydrogens (tertiary/aromatic N) is 2. The molecule has 0 saturated heterocycles. The largest absolute Gasteiger partial charge is 0.477 e. The van der Waals surface area contributed by atoms with E-state index in [0.717, 1.165) is 24.5 Å². The molecule has 1 aliphatic carbocycles. The molecule has 2 N–H and O–H groups in total. The second kappa shape index (κ2) is 3.82. The summed E-state index contributed by atoms with van der Waals surface area (Å²) in [4.78, 5) is 8.04. The van der Waals surface area contributed by atoms with Gasteiger partial charge in [-0.25, -0.2) is 9.97 Å². The summed E-state index contributed by atoms with van der Waals surface area (Å²) < 4.78 is 5.60. The molecule has 0 unspecified atom stereocenters. The summed E-state index contributed by atoms with van der Waals surface area (Å²) in [6, 6.07) is 0. The number of nitrogens with two attached hydrogens (primary N) is 1. The fraction of sp³-hybridized carbons (Fsp3) is 0.600. The molecule has 0 spiro atoms. The third-order valence-electron chi connectivity index (χ3n) is 2.45. The van der Waals surface area contributed by atoms with Gasteiger partial charge in [0.2, 0.25) is 5.88 Å². The molecule has 4 nitrogen and oxygen atoms in total. The molecule has 76 valence electrons. The summed E-state index contributed by atoms with van der Waals surface area (Å²) in [6.07, 6.45) is 4.83. The van der Waals surface area contributed by atoms with Gasteiger partial charge in [0.15, 0.2) is 0 Å². The number of aromatic nitrogens is 2. The predicted molar refractivity (Wildman–Crippen MR) is 54.0 cm³/mol. The Balaban J connectivity index is 2.09. The highest BCUT2D eigenvalue weighted by atomic mass is 16.5. The highest BCUT2D eigenvalue weighted by Crippen LogP contribution is 2.30. The molecule has 1 aliphatic rings. The Kier molecular flexibility index (Phi) is 2.52. The second-order valence-electron chi connectivity index (χ2n) is 3.65. The molecule has 1 saturated carbocycles. The molecule has 0 bridgehead atoms. The molecule has 1 aromatic rings. The van der Waals surface area contributed by atoms with E-state index >= 15 is 0 Å². The molecule has 1 aromatic heterocycles. The molecule has 0 aromatic carbocycles. The van der Waals surface area contributed by atoms with Gasteiger partial charge in [-0.05, 0) is 25.2 Å². The van der Waals surface area contributed by atoms with E-state index in [1.165, 1.54) is 19.2 Å². The van der Waals surface area contributed by atoms with E-state index in [4.69, 9.17) is 10.5 Å². The van der Waals surface area contributed by atoms with Crippen LogP contribution in [0.5, 0.6) is 5.88 Å². The summed E-state index contributed by atoms with van der Waals surface area (Å²) in [6.45, 7) is 2.79. The van der Waals surface area contributed by atoms with Crippen molar-refractivity contribution in [3.63, 3.8) is 0 Å². The number of ether oxygens (including phenoxy) is 1. The smallest absolute Gasteiger partial charge is 0.221 e. The molecule has 14 heavy (non-hydrogen) atoms. The number of hydrogen-bond donors (Lipinski definition) is 1. The Bertz CT molecular complexity index is 323. The van der Waals surface area contributed by atoms with Crippen molar-refractivity contribution in [2.45, 2.75) is 26.2 Å². The van der Waals surface area contributed by atoms with Gasteiger partial charge in [-0.1, -0.05) is 6.92 Å². The van der Waals surface area contributed by atoms with Crippen molar-refractivity contribution >= 4 is 5.82 Å². The maximum Gasteiger partial charge on any atom is 0.221 e. The Labute approximate surface area is 83.5 Å². The Hall–Kier alpha value is -1.32. The zero-order valence-corrected chi connectivity index (χ0v) is 8.36. The summed E-state index contributed by atoms with van der Waals surface area (Å²) in [5.74, 6) is 1.93. The number of anilines is 1. The van der Waals surface area contributed by atoms with Crippen molar-refractivity contribution in [1.82, 2.24) is 9.97 Å². The first-order valence-corrected chi connectivity index (χ1v) is 5.03. The average Bonchev–Trinajstić information content (AvgIpc) is 2.98. The standard InChI is InChI=1S/C10H15N3O/c1-2-8-9(11)12-6-13-10(8)14-5-7-3-4-7/h6-7H,2-5H2,1H3,(H2,11,12,13). The zero-order valence-electron chi connectivity index (χ0n) is 8.36. The SMILES string of the molecule is CCc1c(N)ncnc1OCC1CC1. The van der Waals surface area contributed by atoms with E-state index in [1.54, 1.807) is 0 Å². The maximum absolute atomic E-state index is 5.72. The molecule has 0 radical (unpaired) electrons. The quantitative estimate of drug-likeness (QED) is 0.785. The van der Waals surface area contributed by atoms with Crippen LogP contribution in [0.15, 0.2) is 6.33 Å². The Morgan fingerprint density at radius 1 is 1.50 bits per heavy atom. The van der Waals surface area contributed by atoms with Gasteiger partial charge >= 0.3 is 0 Å². The molecule has 1 fully saturated rings. The first kappa shape index (κ1) is 9.24. The van der Waals surface area contributed by atoms with Gasteiger partial charge in [0.1, 0.15) is 12.1 Å². The molecule has 2 rings (SSSR count). The summed E-state index contributed by atoms with van der Waals surface area (Å²) in [5.41, 5.74) is 6.65. The first-order chi connectivity index (χ1) is 6.81. The van der Waals surface area contributed by atoms with E-state index in [2.05, 4.69) is 9.97 Å². The van der Waals surface area contributed by atoms with E-state index in [1.807, 2.05) is 6.92 Å². The Morgan fingerprint density at radius 3 is 2.93 bits per heavy atom. The van der Waals surface area contributed by atoms with E-state index in [-0.39, 0.29) is 0 Å². The average molecular weight is 193 g/mol. The van der Waals surface area contributed by atoms with Crippen LogP contribution in [0.2, 0.25) is 0 Å².